The quantitative estimate of drug-likeness (QED) is 0.617. The minimum absolute atomic E-state index is 0.0899. The van der Waals surface area contributed by atoms with Gasteiger partial charge in [-0.05, 0) is 18.9 Å². The summed E-state index contributed by atoms with van der Waals surface area (Å²) in [6.07, 6.45) is 1.67. The fourth-order valence-corrected chi connectivity index (χ4v) is 2.43. The van der Waals surface area contributed by atoms with Gasteiger partial charge in [0.25, 0.3) is 5.69 Å². The fourth-order valence-electron chi connectivity index (χ4n) is 2.43. The van der Waals surface area contributed by atoms with E-state index in [0.717, 1.165) is 25.9 Å². The molecule has 7 nitrogen and oxygen atoms in total. The van der Waals surface area contributed by atoms with E-state index in [1.165, 1.54) is 6.07 Å². The number of likely N-dealkylation sites (tertiary alicyclic amines) is 1. The molecule has 1 saturated heterocycles. The molecule has 1 fully saturated rings. The zero-order chi connectivity index (χ0) is 14.5. The second-order valence-electron chi connectivity index (χ2n) is 4.94. The highest BCUT2D eigenvalue weighted by atomic mass is 16.6. The number of anilines is 1. The monoisotopic (exact) mass is 278 g/mol. The van der Waals surface area contributed by atoms with Crippen molar-refractivity contribution in [2.24, 2.45) is 5.73 Å². The van der Waals surface area contributed by atoms with Crippen LogP contribution < -0.4 is 11.1 Å². The molecule has 1 aliphatic heterocycles. The van der Waals surface area contributed by atoms with E-state index in [9.17, 15) is 14.9 Å². The van der Waals surface area contributed by atoms with Gasteiger partial charge in [0.15, 0.2) is 0 Å². The number of nitrogens with zero attached hydrogens (tertiary/aromatic N) is 2. The Labute approximate surface area is 116 Å². The van der Waals surface area contributed by atoms with Crippen molar-refractivity contribution in [2.45, 2.75) is 18.9 Å². The number of carbonyl (C=O) groups is 1. The summed E-state index contributed by atoms with van der Waals surface area (Å²) in [5, 5.41) is 14.2. The number of amides is 1. The van der Waals surface area contributed by atoms with E-state index < -0.39 is 0 Å². The normalized spacial score (nSPS) is 16.8. The Morgan fingerprint density at radius 2 is 2.05 bits per heavy atom. The first kappa shape index (κ1) is 14.3. The molecular weight excluding hydrogens is 260 g/mol. The highest BCUT2D eigenvalue weighted by molar-refractivity contribution is 5.75. The molecule has 1 aromatic rings. The van der Waals surface area contributed by atoms with Gasteiger partial charge in [-0.1, -0.05) is 12.1 Å². The topological polar surface area (TPSA) is 102 Å². The number of carbonyl (C=O) groups excluding carboxylic acids is 1. The lowest BCUT2D eigenvalue weighted by Crippen LogP contribution is -2.43. The maximum atomic E-state index is 10.9. The summed E-state index contributed by atoms with van der Waals surface area (Å²) >= 11 is 0. The van der Waals surface area contributed by atoms with Gasteiger partial charge in [-0.2, -0.15) is 0 Å². The van der Waals surface area contributed by atoms with Gasteiger partial charge in [0, 0.05) is 25.2 Å². The molecule has 1 heterocycles. The number of nitrogens with one attached hydrogen (secondary N) is 1. The molecule has 7 heteroatoms. The minimum Gasteiger partial charge on any atom is -0.377 e. The fraction of sp³-hybridized carbons (Fsp3) is 0.462. The molecular formula is C13H18N4O3. The number of hydrogen-bond acceptors (Lipinski definition) is 5. The molecule has 0 spiro atoms. The predicted octanol–water partition coefficient (Wildman–Crippen LogP) is 0.956. The lowest BCUT2D eigenvalue weighted by molar-refractivity contribution is -0.384. The van der Waals surface area contributed by atoms with Crippen molar-refractivity contribution in [3.05, 3.63) is 34.4 Å². The van der Waals surface area contributed by atoms with Crippen LogP contribution in [0.25, 0.3) is 0 Å². The third kappa shape index (κ3) is 3.67. The molecule has 0 radical (unpaired) electrons. The lowest BCUT2D eigenvalue weighted by Gasteiger charge is -2.31. The first-order valence-electron chi connectivity index (χ1n) is 6.57. The number of hydrogen-bond donors (Lipinski definition) is 2. The van der Waals surface area contributed by atoms with E-state index >= 15 is 0 Å². The van der Waals surface area contributed by atoms with E-state index in [-0.39, 0.29) is 29.1 Å². The standard InChI is InChI=1S/C13H18N4O3/c14-13(18)9-16-7-5-10(6-8-16)15-11-3-1-2-4-12(11)17(19)20/h1-4,10,15H,5-9H2,(H2,14,18). The van der Waals surface area contributed by atoms with Crippen LogP contribution in [0.3, 0.4) is 0 Å². The maximum absolute atomic E-state index is 10.9. The number of rotatable bonds is 5. The van der Waals surface area contributed by atoms with Gasteiger partial charge in [-0.3, -0.25) is 19.8 Å². The molecule has 3 N–H and O–H groups in total. The van der Waals surface area contributed by atoms with E-state index in [1.54, 1.807) is 18.2 Å². The SMILES string of the molecule is NC(=O)CN1CCC(Nc2ccccc2[N+](=O)[O-])CC1. The Hall–Kier alpha value is -2.15. The first-order valence-corrected chi connectivity index (χ1v) is 6.57. The summed E-state index contributed by atoms with van der Waals surface area (Å²) in [6.45, 7) is 1.81. The molecule has 2 rings (SSSR count). The van der Waals surface area contributed by atoms with Gasteiger partial charge < -0.3 is 11.1 Å². The molecule has 0 aliphatic carbocycles. The zero-order valence-corrected chi connectivity index (χ0v) is 11.1. The number of para-hydroxylation sites is 2. The van der Waals surface area contributed by atoms with Crippen LogP contribution in [0.5, 0.6) is 0 Å². The first-order chi connectivity index (χ1) is 9.56. The molecule has 0 bridgehead atoms. The van der Waals surface area contributed by atoms with Gasteiger partial charge in [0.05, 0.1) is 11.5 Å². The van der Waals surface area contributed by atoms with Crippen LogP contribution in [0.4, 0.5) is 11.4 Å². The Morgan fingerprint density at radius 3 is 2.65 bits per heavy atom. The molecule has 0 atom stereocenters. The Morgan fingerprint density at radius 1 is 1.40 bits per heavy atom. The molecule has 20 heavy (non-hydrogen) atoms. The van der Waals surface area contributed by atoms with Crippen molar-refractivity contribution in [2.75, 3.05) is 25.0 Å². The summed E-state index contributed by atoms with van der Waals surface area (Å²) in [5.74, 6) is -0.324. The van der Waals surface area contributed by atoms with Crippen LogP contribution >= 0.6 is 0 Å². The van der Waals surface area contributed by atoms with E-state index in [4.69, 9.17) is 5.73 Å². The van der Waals surface area contributed by atoms with Gasteiger partial charge in [0.1, 0.15) is 5.69 Å². The number of nitro groups is 1. The van der Waals surface area contributed by atoms with Crippen molar-refractivity contribution in [1.29, 1.82) is 0 Å². The van der Waals surface area contributed by atoms with Crippen LogP contribution in [0.15, 0.2) is 24.3 Å². The Balaban J connectivity index is 1.93. The third-order valence-corrected chi connectivity index (χ3v) is 3.43. The second kappa shape index (κ2) is 6.33. The highest BCUT2D eigenvalue weighted by Gasteiger charge is 2.22. The van der Waals surface area contributed by atoms with Crippen molar-refractivity contribution in [1.82, 2.24) is 4.90 Å². The summed E-state index contributed by atoms with van der Waals surface area (Å²) in [6, 6.07) is 6.81. The average Bonchev–Trinajstić information content (AvgIpc) is 2.41. The summed E-state index contributed by atoms with van der Waals surface area (Å²) in [4.78, 5) is 23.4. The molecule has 0 aromatic heterocycles. The van der Waals surface area contributed by atoms with Gasteiger partial charge in [-0.25, -0.2) is 0 Å². The molecule has 0 saturated carbocycles. The molecule has 0 unspecified atom stereocenters. The number of piperidine rings is 1. The predicted molar refractivity (Wildman–Crippen MR) is 75.4 cm³/mol. The van der Waals surface area contributed by atoms with E-state index in [0.29, 0.717) is 5.69 Å². The molecule has 1 aliphatic rings. The van der Waals surface area contributed by atoms with Crippen LogP contribution in [0.1, 0.15) is 12.8 Å². The number of nitrogens with two attached hydrogens (primary N) is 1. The van der Waals surface area contributed by atoms with Gasteiger partial charge >= 0.3 is 0 Å². The van der Waals surface area contributed by atoms with Crippen molar-refractivity contribution in [3.8, 4) is 0 Å². The average molecular weight is 278 g/mol. The Bertz CT molecular complexity index is 498. The number of nitro benzene ring substituents is 1. The maximum Gasteiger partial charge on any atom is 0.292 e. The highest BCUT2D eigenvalue weighted by Crippen LogP contribution is 2.25. The van der Waals surface area contributed by atoms with Crippen molar-refractivity contribution in [3.63, 3.8) is 0 Å². The Kier molecular flexibility index (Phi) is 4.52. The van der Waals surface area contributed by atoms with E-state index in [2.05, 4.69) is 5.32 Å². The zero-order valence-electron chi connectivity index (χ0n) is 11.1. The minimum atomic E-state index is -0.384. The molecule has 1 amide bonds. The van der Waals surface area contributed by atoms with Crippen molar-refractivity contribution >= 4 is 17.3 Å². The number of primary amides is 1. The van der Waals surface area contributed by atoms with Crippen LogP contribution in [0, 0.1) is 10.1 Å². The number of benzene rings is 1. The summed E-state index contributed by atoms with van der Waals surface area (Å²) in [7, 11) is 0. The van der Waals surface area contributed by atoms with E-state index in [1.807, 2.05) is 4.90 Å². The van der Waals surface area contributed by atoms with Gasteiger partial charge in [-0.15, -0.1) is 0 Å². The smallest absolute Gasteiger partial charge is 0.292 e. The lowest BCUT2D eigenvalue weighted by atomic mass is 10.0. The second-order valence-corrected chi connectivity index (χ2v) is 4.94. The largest absolute Gasteiger partial charge is 0.377 e. The van der Waals surface area contributed by atoms with Crippen LogP contribution in [-0.4, -0.2) is 41.4 Å². The van der Waals surface area contributed by atoms with Crippen LogP contribution in [-0.2, 0) is 4.79 Å². The summed E-state index contributed by atoms with van der Waals surface area (Å²) < 4.78 is 0. The summed E-state index contributed by atoms with van der Waals surface area (Å²) in [5.41, 5.74) is 5.80. The molecule has 1 aromatic carbocycles. The van der Waals surface area contributed by atoms with Crippen LogP contribution in [0.2, 0.25) is 0 Å². The van der Waals surface area contributed by atoms with Crippen molar-refractivity contribution < 1.29 is 9.72 Å². The third-order valence-electron chi connectivity index (χ3n) is 3.43. The van der Waals surface area contributed by atoms with Gasteiger partial charge in [0.2, 0.25) is 5.91 Å². The molecule has 108 valence electrons.